The van der Waals surface area contributed by atoms with Crippen molar-refractivity contribution in [3.8, 4) is 0 Å². The molecule has 0 radical (unpaired) electrons. The molecule has 0 heterocycles. The number of hydrogen-bond acceptors (Lipinski definition) is 6. The topological polar surface area (TPSA) is 114 Å². The highest BCUT2D eigenvalue weighted by Gasteiger charge is 2.22. The highest BCUT2D eigenvalue weighted by Crippen LogP contribution is 2.18. The third-order valence-electron chi connectivity index (χ3n) is 3.58. The quantitative estimate of drug-likeness (QED) is 0.338. The molecule has 0 aliphatic carbocycles. The molecule has 3 atom stereocenters. The number of aliphatic hydroxyl groups is 2. The molecule has 1 aromatic rings. The zero-order valence-corrected chi connectivity index (χ0v) is 12.7. The summed E-state index contributed by atoms with van der Waals surface area (Å²) in [6.07, 6.45) is -0.467. The van der Waals surface area contributed by atoms with Crippen LogP contribution in [0.25, 0.3) is 0 Å². The van der Waals surface area contributed by atoms with Gasteiger partial charge in [0.2, 0.25) is 0 Å². The van der Waals surface area contributed by atoms with Crippen molar-refractivity contribution in [1.82, 2.24) is 0 Å². The second-order valence-electron chi connectivity index (χ2n) is 5.27. The van der Waals surface area contributed by atoms with Crippen molar-refractivity contribution in [2.75, 3.05) is 30.8 Å². The maximum atomic E-state index is 9.47. The Morgan fingerprint density at radius 1 is 1.38 bits per heavy atom. The summed E-state index contributed by atoms with van der Waals surface area (Å²) in [5.41, 5.74) is 14.1. The van der Waals surface area contributed by atoms with E-state index in [-0.39, 0.29) is 25.2 Å². The second kappa shape index (κ2) is 8.84. The van der Waals surface area contributed by atoms with E-state index in [1.54, 1.807) is 0 Å². The van der Waals surface area contributed by atoms with Crippen LogP contribution in [-0.4, -0.2) is 42.3 Å². The standard InChI is InChI=1S/C15H27N3O3/c1-10-9-12(3-4-13(10)16)18-6-5-14(21-8-7-19)11(2)15(17)20/h3-4,9,11,14-15,18-20H,5-8,16-17H2,1-2H3. The molecule has 0 aliphatic rings. The van der Waals surface area contributed by atoms with E-state index in [1.807, 2.05) is 32.0 Å². The first-order chi connectivity index (χ1) is 9.95. The lowest BCUT2D eigenvalue weighted by Crippen LogP contribution is -2.38. The summed E-state index contributed by atoms with van der Waals surface area (Å²) < 4.78 is 5.55. The van der Waals surface area contributed by atoms with Gasteiger partial charge in [-0.25, -0.2) is 0 Å². The van der Waals surface area contributed by atoms with E-state index in [1.165, 1.54) is 0 Å². The number of nitrogen functional groups attached to an aromatic ring is 1. The number of nitrogens with two attached hydrogens (primary N) is 2. The van der Waals surface area contributed by atoms with Crippen LogP contribution in [0.5, 0.6) is 0 Å². The molecule has 0 aromatic heterocycles. The van der Waals surface area contributed by atoms with Crippen molar-refractivity contribution in [1.29, 1.82) is 0 Å². The summed E-state index contributed by atoms with van der Waals surface area (Å²) in [7, 11) is 0. The summed E-state index contributed by atoms with van der Waals surface area (Å²) in [5, 5.41) is 21.6. The van der Waals surface area contributed by atoms with Crippen LogP contribution in [0, 0.1) is 12.8 Å². The van der Waals surface area contributed by atoms with E-state index < -0.39 is 6.23 Å². The zero-order chi connectivity index (χ0) is 15.8. The molecule has 3 unspecified atom stereocenters. The Kier molecular flexibility index (Phi) is 7.45. The van der Waals surface area contributed by atoms with Crippen molar-refractivity contribution in [3.63, 3.8) is 0 Å². The molecule has 0 saturated carbocycles. The minimum Gasteiger partial charge on any atom is -0.399 e. The Morgan fingerprint density at radius 2 is 2.10 bits per heavy atom. The molecular formula is C15H27N3O3. The van der Waals surface area contributed by atoms with Crippen molar-refractivity contribution in [3.05, 3.63) is 23.8 Å². The fraction of sp³-hybridized carbons (Fsp3) is 0.600. The number of hydrogen-bond donors (Lipinski definition) is 5. The van der Waals surface area contributed by atoms with Gasteiger partial charge in [0.1, 0.15) is 6.23 Å². The van der Waals surface area contributed by atoms with Crippen molar-refractivity contribution < 1.29 is 14.9 Å². The van der Waals surface area contributed by atoms with Crippen LogP contribution >= 0.6 is 0 Å². The normalized spacial score (nSPS) is 15.5. The minimum absolute atomic E-state index is 0.0472. The number of benzene rings is 1. The Hall–Kier alpha value is -1.34. The van der Waals surface area contributed by atoms with Crippen LogP contribution in [-0.2, 0) is 4.74 Å². The SMILES string of the molecule is Cc1cc(NCCC(OCCO)C(C)C(N)O)ccc1N. The highest BCUT2D eigenvalue weighted by molar-refractivity contribution is 5.56. The molecule has 0 saturated heterocycles. The van der Waals surface area contributed by atoms with Gasteiger partial charge < -0.3 is 31.7 Å². The first-order valence-electron chi connectivity index (χ1n) is 7.21. The van der Waals surface area contributed by atoms with Crippen LogP contribution in [0.1, 0.15) is 18.9 Å². The summed E-state index contributed by atoms with van der Waals surface area (Å²) in [5.74, 6) is -0.202. The lowest BCUT2D eigenvalue weighted by atomic mass is 10.00. The maximum Gasteiger partial charge on any atom is 0.107 e. The molecule has 7 N–H and O–H groups in total. The smallest absolute Gasteiger partial charge is 0.107 e. The molecule has 1 aromatic carbocycles. The third kappa shape index (κ3) is 5.89. The van der Waals surface area contributed by atoms with E-state index in [0.29, 0.717) is 13.0 Å². The first-order valence-corrected chi connectivity index (χ1v) is 7.21. The van der Waals surface area contributed by atoms with Crippen molar-refractivity contribution in [2.24, 2.45) is 11.7 Å². The number of rotatable bonds is 9. The van der Waals surface area contributed by atoms with Crippen LogP contribution in [0.15, 0.2) is 18.2 Å². The summed E-state index contributed by atoms with van der Waals surface area (Å²) in [4.78, 5) is 0. The largest absolute Gasteiger partial charge is 0.399 e. The third-order valence-corrected chi connectivity index (χ3v) is 3.58. The molecule has 0 spiro atoms. The molecule has 0 aliphatic heterocycles. The predicted molar refractivity (Wildman–Crippen MR) is 84.9 cm³/mol. The van der Waals surface area contributed by atoms with Crippen molar-refractivity contribution in [2.45, 2.75) is 32.6 Å². The molecule has 120 valence electrons. The summed E-state index contributed by atoms with van der Waals surface area (Å²) in [6, 6.07) is 5.77. The Morgan fingerprint density at radius 3 is 2.67 bits per heavy atom. The lowest BCUT2D eigenvalue weighted by molar-refractivity contribution is -0.0406. The van der Waals surface area contributed by atoms with Gasteiger partial charge in [0.05, 0.1) is 19.3 Å². The van der Waals surface area contributed by atoms with Crippen LogP contribution in [0.3, 0.4) is 0 Å². The average molecular weight is 297 g/mol. The molecule has 6 nitrogen and oxygen atoms in total. The van der Waals surface area contributed by atoms with Gasteiger partial charge >= 0.3 is 0 Å². The van der Waals surface area contributed by atoms with Gasteiger partial charge in [-0.15, -0.1) is 0 Å². The number of aliphatic hydroxyl groups excluding tert-OH is 2. The fourth-order valence-corrected chi connectivity index (χ4v) is 2.07. The van der Waals surface area contributed by atoms with Gasteiger partial charge in [-0.3, -0.25) is 0 Å². The van der Waals surface area contributed by atoms with Crippen LogP contribution < -0.4 is 16.8 Å². The van der Waals surface area contributed by atoms with Gasteiger partial charge in [-0.2, -0.15) is 0 Å². The Bertz CT molecular complexity index is 427. The van der Waals surface area contributed by atoms with Gasteiger partial charge in [-0.1, -0.05) is 6.92 Å². The van der Waals surface area contributed by atoms with E-state index in [9.17, 15) is 5.11 Å². The zero-order valence-electron chi connectivity index (χ0n) is 12.7. The van der Waals surface area contributed by atoms with Crippen LogP contribution in [0.2, 0.25) is 0 Å². The monoisotopic (exact) mass is 297 g/mol. The van der Waals surface area contributed by atoms with Crippen molar-refractivity contribution >= 4 is 11.4 Å². The highest BCUT2D eigenvalue weighted by atomic mass is 16.5. The molecule has 21 heavy (non-hydrogen) atoms. The predicted octanol–water partition coefficient (Wildman–Crippen LogP) is 0.670. The molecule has 0 amide bonds. The Balaban J connectivity index is 2.50. The molecule has 1 rings (SSSR count). The van der Waals surface area contributed by atoms with E-state index in [0.717, 1.165) is 16.9 Å². The fourth-order valence-electron chi connectivity index (χ4n) is 2.07. The first kappa shape index (κ1) is 17.7. The second-order valence-corrected chi connectivity index (χ2v) is 5.27. The van der Waals surface area contributed by atoms with E-state index in [4.69, 9.17) is 21.3 Å². The number of anilines is 2. The molecule has 0 fully saturated rings. The van der Waals surface area contributed by atoms with E-state index >= 15 is 0 Å². The number of ether oxygens (including phenoxy) is 1. The maximum absolute atomic E-state index is 9.47. The molecular weight excluding hydrogens is 270 g/mol. The number of aryl methyl sites for hydroxylation is 1. The minimum atomic E-state index is -0.938. The molecule has 0 bridgehead atoms. The lowest BCUT2D eigenvalue weighted by Gasteiger charge is -2.26. The molecule has 6 heteroatoms. The van der Waals surface area contributed by atoms with Gasteiger partial charge in [0.15, 0.2) is 0 Å². The van der Waals surface area contributed by atoms with Gasteiger partial charge in [0, 0.05) is 23.8 Å². The van der Waals surface area contributed by atoms with Gasteiger partial charge in [-0.05, 0) is 37.1 Å². The Labute approximate surface area is 126 Å². The summed E-state index contributed by atoms with van der Waals surface area (Å²) in [6.45, 7) is 4.66. The van der Waals surface area contributed by atoms with E-state index in [2.05, 4.69) is 5.32 Å². The van der Waals surface area contributed by atoms with Crippen LogP contribution in [0.4, 0.5) is 11.4 Å². The summed E-state index contributed by atoms with van der Waals surface area (Å²) >= 11 is 0. The number of nitrogens with one attached hydrogen (secondary N) is 1. The van der Waals surface area contributed by atoms with Gasteiger partial charge in [0.25, 0.3) is 0 Å². The average Bonchev–Trinajstić information content (AvgIpc) is 2.45.